The standard InChI is InChI=1S/C30H24IN3O6/c1-3-39-28-15-19(13-22(17-32)30(35)33-26-12-11-23(34(36)37)16-27(26)38-2)14-25(31)29(28)40-18-21-9-6-8-20-7-4-5-10-24(20)21/h4-16H,3,18H2,1-2H3,(H,33,35). The molecule has 4 aromatic rings. The first-order valence-corrected chi connectivity index (χ1v) is 13.2. The number of nitro groups is 1. The van der Waals surface area contributed by atoms with E-state index in [1.807, 2.05) is 37.3 Å². The fraction of sp³-hybridized carbons (Fsp3) is 0.133. The second kappa shape index (κ2) is 12.9. The maximum atomic E-state index is 12.9. The van der Waals surface area contributed by atoms with Crippen molar-refractivity contribution in [1.82, 2.24) is 0 Å². The summed E-state index contributed by atoms with van der Waals surface area (Å²) in [6.45, 7) is 2.57. The second-order valence-corrected chi connectivity index (χ2v) is 9.62. The van der Waals surface area contributed by atoms with E-state index >= 15 is 0 Å². The summed E-state index contributed by atoms with van der Waals surface area (Å²) >= 11 is 2.14. The maximum absolute atomic E-state index is 12.9. The number of nitro benzene ring substituents is 1. The third-order valence-electron chi connectivity index (χ3n) is 5.90. The first kappa shape index (κ1) is 28.4. The van der Waals surface area contributed by atoms with Crippen molar-refractivity contribution in [2.24, 2.45) is 0 Å². The van der Waals surface area contributed by atoms with Gasteiger partial charge in [-0.25, -0.2) is 0 Å². The van der Waals surface area contributed by atoms with Crippen LogP contribution >= 0.6 is 22.6 Å². The number of ether oxygens (including phenoxy) is 3. The normalized spacial score (nSPS) is 11.0. The molecule has 0 spiro atoms. The lowest BCUT2D eigenvalue weighted by Gasteiger charge is -2.16. The highest BCUT2D eigenvalue weighted by atomic mass is 127. The third kappa shape index (κ3) is 6.50. The first-order chi connectivity index (χ1) is 19.3. The molecular formula is C30H24IN3O6. The van der Waals surface area contributed by atoms with Gasteiger partial charge >= 0.3 is 0 Å². The van der Waals surface area contributed by atoms with Gasteiger partial charge < -0.3 is 19.5 Å². The molecule has 0 saturated carbocycles. The van der Waals surface area contributed by atoms with Gasteiger partial charge in [0.1, 0.15) is 24.0 Å². The lowest BCUT2D eigenvalue weighted by Crippen LogP contribution is -2.14. The molecule has 0 heterocycles. The van der Waals surface area contributed by atoms with E-state index in [9.17, 15) is 20.2 Å². The molecule has 0 saturated heterocycles. The van der Waals surface area contributed by atoms with E-state index in [1.165, 1.54) is 31.4 Å². The number of hydrogen-bond donors (Lipinski definition) is 1. The van der Waals surface area contributed by atoms with Crippen molar-refractivity contribution in [3.8, 4) is 23.3 Å². The number of nitriles is 1. The van der Waals surface area contributed by atoms with Crippen LogP contribution in [0.3, 0.4) is 0 Å². The Labute approximate surface area is 244 Å². The Hall–Kier alpha value is -4.63. The summed E-state index contributed by atoms with van der Waals surface area (Å²) < 4.78 is 18.0. The molecule has 0 aliphatic heterocycles. The molecule has 0 fully saturated rings. The van der Waals surface area contributed by atoms with Gasteiger partial charge in [-0.3, -0.25) is 14.9 Å². The highest BCUT2D eigenvalue weighted by Crippen LogP contribution is 2.36. The zero-order valence-electron chi connectivity index (χ0n) is 21.6. The van der Waals surface area contributed by atoms with Crippen molar-refractivity contribution >= 4 is 56.7 Å². The van der Waals surface area contributed by atoms with Gasteiger partial charge in [-0.1, -0.05) is 42.5 Å². The number of amides is 1. The average Bonchev–Trinajstić information content (AvgIpc) is 2.95. The van der Waals surface area contributed by atoms with Gasteiger partial charge in [-0.05, 0) is 75.7 Å². The van der Waals surface area contributed by atoms with Crippen molar-refractivity contribution < 1.29 is 23.9 Å². The van der Waals surface area contributed by atoms with Crippen LogP contribution in [-0.4, -0.2) is 24.5 Å². The summed E-state index contributed by atoms with van der Waals surface area (Å²) in [6, 6.07) is 23.3. The van der Waals surface area contributed by atoms with E-state index < -0.39 is 10.8 Å². The molecule has 4 aromatic carbocycles. The predicted octanol–water partition coefficient (Wildman–Crippen LogP) is 6.88. The van der Waals surface area contributed by atoms with Crippen molar-refractivity contribution in [1.29, 1.82) is 5.26 Å². The minimum absolute atomic E-state index is 0.0979. The molecule has 0 bridgehead atoms. The quantitative estimate of drug-likeness (QED) is 0.0653. The molecule has 0 radical (unpaired) electrons. The smallest absolute Gasteiger partial charge is 0.273 e. The van der Waals surface area contributed by atoms with Crippen LogP contribution in [0.2, 0.25) is 0 Å². The van der Waals surface area contributed by atoms with Crippen LogP contribution in [0.25, 0.3) is 16.8 Å². The van der Waals surface area contributed by atoms with E-state index in [0.717, 1.165) is 19.9 Å². The molecule has 0 aliphatic carbocycles. The maximum Gasteiger partial charge on any atom is 0.273 e. The minimum atomic E-state index is -0.695. The number of carbonyl (C=O) groups is 1. The highest BCUT2D eigenvalue weighted by molar-refractivity contribution is 14.1. The number of anilines is 1. The van der Waals surface area contributed by atoms with Gasteiger partial charge in [0.05, 0.1) is 34.0 Å². The number of methoxy groups -OCH3 is 1. The first-order valence-electron chi connectivity index (χ1n) is 12.2. The van der Waals surface area contributed by atoms with Gasteiger partial charge in [0.2, 0.25) is 0 Å². The number of nitrogens with zero attached hydrogens (tertiary/aromatic N) is 2. The number of halogens is 1. The second-order valence-electron chi connectivity index (χ2n) is 8.46. The summed E-state index contributed by atoms with van der Waals surface area (Å²) in [5.74, 6) is 0.446. The van der Waals surface area contributed by atoms with Crippen molar-refractivity contribution in [2.45, 2.75) is 13.5 Å². The molecule has 0 atom stereocenters. The van der Waals surface area contributed by atoms with E-state index in [0.29, 0.717) is 30.3 Å². The molecule has 0 unspecified atom stereocenters. The average molecular weight is 649 g/mol. The molecular weight excluding hydrogens is 625 g/mol. The predicted molar refractivity (Wildman–Crippen MR) is 160 cm³/mol. The van der Waals surface area contributed by atoms with Gasteiger partial charge in [-0.15, -0.1) is 0 Å². The van der Waals surface area contributed by atoms with Crippen LogP contribution in [0.15, 0.2) is 78.4 Å². The van der Waals surface area contributed by atoms with Crippen LogP contribution < -0.4 is 19.5 Å². The van der Waals surface area contributed by atoms with Crippen molar-refractivity contribution in [3.05, 3.63) is 103 Å². The summed E-state index contributed by atoms with van der Waals surface area (Å²) in [5.41, 5.74) is 1.42. The number of carbonyl (C=O) groups excluding carboxylic acids is 1. The number of non-ortho nitro benzene ring substituents is 1. The summed E-state index contributed by atoms with van der Waals surface area (Å²) in [6.07, 6.45) is 1.44. The Bertz CT molecular complexity index is 1660. The van der Waals surface area contributed by atoms with E-state index in [1.54, 1.807) is 12.1 Å². The molecule has 0 aromatic heterocycles. The SMILES string of the molecule is CCOc1cc(C=C(C#N)C(=O)Nc2ccc([N+](=O)[O-])cc2OC)cc(I)c1OCc1cccc2ccccc12. The van der Waals surface area contributed by atoms with Gasteiger partial charge in [0.25, 0.3) is 11.6 Å². The lowest BCUT2D eigenvalue weighted by molar-refractivity contribution is -0.384. The van der Waals surface area contributed by atoms with E-state index in [4.69, 9.17) is 14.2 Å². The Morgan fingerprint density at radius 1 is 1.07 bits per heavy atom. The fourth-order valence-corrected chi connectivity index (χ4v) is 4.83. The Balaban J connectivity index is 1.59. The van der Waals surface area contributed by atoms with Gasteiger partial charge in [0, 0.05) is 6.07 Å². The fourth-order valence-electron chi connectivity index (χ4n) is 4.04. The molecule has 9 nitrogen and oxygen atoms in total. The molecule has 202 valence electrons. The Morgan fingerprint density at radius 2 is 1.85 bits per heavy atom. The number of fused-ring (bicyclic) bond motifs is 1. The van der Waals surface area contributed by atoms with Crippen LogP contribution in [0, 0.1) is 25.0 Å². The lowest BCUT2D eigenvalue weighted by atomic mass is 10.1. The molecule has 1 amide bonds. The summed E-state index contributed by atoms with van der Waals surface area (Å²) in [7, 11) is 1.33. The monoisotopic (exact) mass is 649 g/mol. The third-order valence-corrected chi connectivity index (χ3v) is 6.71. The van der Waals surface area contributed by atoms with Gasteiger partial charge in [0.15, 0.2) is 11.5 Å². The molecule has 4 rings (SSSR count). The van der Waals surface area contributed by atoms with Crippen molar-refractivity contribution in [2.75, 3.05) is 19.0 Å². The van der Waals surface area contributed by atoms with Crippen LogP contribution in [0.4, 0.5) is 11.4 Å². The minimum Gasteiger partial charge on any atom is -0.494 e. The van der Waals surface area contributed by atoms with E-state index in [-0.39, 0.29) is 22.7 Å². The van der Waals surface area contributed by atoms with Crippen LogP contribution in [-0.2, 0) is 11.4 Å². The largest absolute Gasteiger partial charge is 0.494 e. The zero-order chi connectivity index (χ0) is 28.6. The molecule has 40 heavy (non-hydrogen) atoms. The Kier molecular flexibility index (Phi) is 9.19. The summed E-state index contributed by atoms with van der Waals surface area (Å²) in [5, 5.41) is 25.6. The van der Waals surface area contributed by atoms with E-state index in [2.05, 4.69) is 46.1 Å². The Morgan fingerprint density at radius 3 is 2.58 bits per heavy atom. The number of benzene rings is 4. The van der Waals surface area contributed by atoms with Crippen LogP contribution in [0.1, 0.15) is 18.1 Å². The summed E-state index contributed by atoms with van der Waals surface area (Å²) in [4.78, 5) is 23.4. The zero-order valence-corrected chi connectivity index (χ0v) is 23.8. The molecule has 10 heteroatoms. The molecule has 1 N–H and O–H groups in total. The molecule has 0 aliphatic rings. The highest BCUT2D eigenvalue weighted by Gasteiger charge is 2.18. The van der Waals surface area contributed by atoms with Gasteiger partial charge in [-0.2, -0.15) is 5.26 Å². The number of rotatable bonds is 10. The number of hydrogen-bond acceptors (Lipinski definition) is 7. The topological polar surface area (TPSA) is 124 Å². The van der Waals surface area contributed by atoms with Crippen molar-refractivity contribution in [3.63, 3.8) is 0 Å². The number of nitrogens with one attached hydrogen (secondary N) is 1. The van der Waals surface area contributed by atoms with Crippen LogP contribution in [0.5, 0.6) is 17.2 Å².